The molecule has 0 rings (SSSR count). The molecule has 0 aliphatic rings. The average molecular weight is 968 g/mol. The van der Waals surface area contributed by atoms with Crippen LogP contribution >= 0.6 is 0 Å². The van der Waals surface area contributed by atoms with Gasteiger partial charge in [-0.3, -0.25) is 14.4 Å². The van der Waals surface area contributed by atoms with Crippen LogP contribution in [0.1, 0.15) is 233 Å². The Morgan fingerprint density at radius 1 is 0.300 bits per heavy atom. The molecular formula is C64H102O6. The van der Waals surface area contributed by atoms with Crippen molar-refractivity contribution in [2.24, 2.45) is 0 Å². The summed E-state index contributed by atoms with van der Waals surface area (Å²) in [6.07, 6.45) is 80.5. The van der Waals surface area contributed by atoms with Crippen molar-refractivity contribution in [3.8, 4) is 0 Å². The summed E-state index contributed by atoms with van der Waals surface area (Å²) in [5.74, 6) is -0.943. The molecule has 1 unspecified atom stereocenters. The number of rotatable bonds is 49. The van der Waals surface area contributed by atoms with E-state index in [0.29, 0.717) is 19.3 Å². The lowest BCUT2D eigenvalue weighted by Crippen LogP contribution is -2.30. The van der Waals surface area contributed by atoms with Crippen LogP contribution in [-0.2, 0) is 28.6 Å². The van der Waals surface area contributed by atoms with E-state index in [4.69, 9.17) is 14.2 Å². The molecule has 0 radical (unpaired) electrons. The van der Waals surface area contributed by atoms with Crippen LogP contribution in [0.3, 0.4) is 0 Å². The number of ether oxygens (including phenoxy) is 3. The molecular weight excluding hydrogens is 865 g/mol. The van der Waals surface area contributed by atoms with Crippen LogP contribution in [0.2, 0.25) is 0 Å². The fraction of sp³-hybridized carbons (Fsp3) is 0.609. The molecule has 0 aromatic heterocycles. The highest BCUT2D eigenvalue weighted by Gasteiger charge is 2.19. The maximum atomic E-state index is 12.8. The van der Waals surface area contributed by atoms with Gasteiger partial charge in [-0.1, -0.05) is 231 Å². The number of esters is 3. The number of carbonyl (C=O) groups excluding carboxylic acids is 3. The molecule has 0 saturated heterocycles. The molecule has 0 saturated carbocycles. The average Bonchev–Trinajstić information content (AvgIpc) is 3.36. The minimum atomic E-state index is -0.794. The van der Waals surface area contributed by atoms with Crippen molar-refractivity contribution in [1.29, 1.82) is 0 Å². The second-order valence-electron chi connectivity index (χ2n) is 18.1. The molecule has 6 nitrogen and oxygen atoms in total. The van der Waals surface area contributed by atoms with E-state index in [1.165, 1.54) is 32.1 Å². The topological polar surface area (TPSA) is 78.9 Å². The van der Waals surface area contributed by atoms with Crippen molar-refractivity contribution in [3.63, 3.8) is 0 Å². The summed E-state index contributed by atoms with van der Waals surface area (Å²) in [5, 5.41) is 0. The first kappa shape index (κ1) is 65.5. The molecule has 0 spiro atoms. The lowest BCUT2D eigenvalue weighted by atomic mass is 10.1. The van der Waals surface area contributed by atoms with Gasteiger partial charge in [0.1, 0.15) is 13.2 Å². The van der Waals surface area contributed by atoms with E-state index < -0.39 is 6.10 Å². The van der Waals surface area contributed by atoms with Gasteiger partial charge in [-0.25, -0.2) is 0 Å². The van der Waals surface area contributed by atoms with Crippen LogP contribution in [0.25, 0.3) is 0 Å². The maximum Gasteiger partial charge on any atom is 0.306 e. The van der Waals surface area contributed by atoms with Gasteiger partial charge in [-0.2, -0.15) is 0 Å². The number of allylic oxidation sites excluding steroid dienone is 22. The van der Waals surface area contributed by atoms with E-state index in [1.54, 1.807) is 0 Å². The lowest BCUT2D eigenvalue weighted by Gasteiger charge is -2.18. The largest absolute Gasteiger partial charge is 0.462 e. The molecule has 0 fully saturated rings. The monoisotopic (exact) mass is 967 g/mol. The summed E-state index contributed by atoms with van der Waals surface area (Å²) in [7, 11) is 0. The first-order valence-electron chi connectivity index (χ1n) is 28.2. The van der Waals surface area contributed by atoms with Crippen LogP contribution in [0.5, 0.6) is 0 Å². The maximum absolute atomic E-state index is 12.8. The van der Waals surface area contributed by atoms with Crippen molar-refractivity contribution in [1.82, 2.24) is 0 Å². The molecule has 0 amide bonds. The first-order valence-corrected chi connectivity index (χ1v) is 28.2. The normalized spacial score (nSPS) is 13.1. The van der Waals surface area contributed by atoms with Gasteiger partial charge in [-0.15, -0.1) is 0 Å². The predicted octanol–water partition coefficient (Wildman–Crippen LogP) is 19.0. The third kappa shape index (κ3) is 54.5. The predicted molar refractivity (Wildman–Crippen MR) is 302 cm³/mol. The summed E-state index contributed by atoms with van der Waals surface area (Å²) in [4.78, 5) is 37.8. The van der Waals surface area contributed by atoms with Crippen molar-refractivity contribution in [2.45, 2.75) is 239 Å². The van der Waals surface area contributed by atoms with Gasteiger partial charge < -0.3 is 14.2 Å². The SMILES string of the molecule is CC/C=C\C/C=C\C/C=C\C/C=C\C/C=C\C/C=C\C/C=C\C/C=C\CCCCCCCCC(=O)OCC(COC(=O)CCCCCCCC)OC(=O)CCCCCCC/C=C\C/C=C\C/C=C\CC. The van der Waals surface area contributed by atoms with Gasteiger partial charge in [0.05, 0.1) is 0 Å². The summed E-state index contributed by atoms with van der Waals surface area (Å²) < 4.78 is 16.7. The Morgan fingerprint density at radius 3 is 0.871 bits per heavy atom. The third-order valence-corrected chi connectivity index (χ3v) is 11.4. The molecule has 1 atom stereocenters. The minimum absolute atomic E-state index is 0.0934. The van der Waals surface area contributed by atoms with Gasteiger partial charge >= 0.3 is 17.9 Å². The van der Waals surface area contributed by atoms with Crippen molar-refractivity contribution >= 4 is 17.9 Å². The molecule has 6 heteroatoms. The quantitative estimate of drug-likeness (QED) is 0.0262. The van der Waals surface area contributed by atoms with E-state index in [2.05, 4.69) is 154 Å². The van der Waals surface area contributed by atoms with Crippen molar-refractivity contribution < 1.29 is 28.6 Å². The Morgan fingerprint density at radius 2 is 0.557 bits per heavy atom. The Labute approximate surface area is 430 Å². The highest BCUT2D eigenvalue weighted by atomic mass is 16.6. The highest BCUT2D eigenvalue weighted by molar-refractivity contribution is 5.71. The molecule has 0 aliphatic heterocycles. The molecule has 0 aliphatic carbocycles. The lowest BCUT2D eigenvalue weighted by molar-refractivity contribution is -0.167. The Hall–Kier alpha value is -4.45. The van der Waals surface area contributed by atoms with E-state index in [-0.39, 0.29) is 31.1 Å². The standard InChI is InChI=1S/C64H102O6/c1-4-7-10-13-16-18-20-22-24-25-26-27-28-29-30-31-32-33-34-35-36-37-38-39-41-42-44-46-48-51-54-57-63(66)69-60-61(59-68-62(65)56-53-50-15-12-9-6-3)70-64(67)58-55-52-49-47-45-43-40-23-21-19-17-14-11-8-5-2/h7-8,10-11,16-19,22-24,26-27,29-30,32-33,35-36,38-40,61H,4-6,9,12-15,20-21,25,28,31,34,37,41-60H2,1-3H3/b10-7-,11-8-,18-16-,19-17-,24-22-,27-26-,30-29-,33-32-,36-35-,39-38-,40-23-. The van der Waals surface area contributed by atoms with Gasteiger partial charge in [0.2, 0.25) is 0 Å². The zero-order chi connectivity index (χ0) is 50.7. The van der Waals surface area contributed by atoms with Gasteiger partial charge in [0.25, 0.3) is 0 Å². The zero-order valence-electron chi connectivity index (χ0n) is 45.0. The Kier molecular flexibility index (Phi) is 53.5. The summed E-state index contributed by atoms with van der Waals surface area (Å²) in [6, 6.07) is 0. The van der Waals surface area contributed by atoms with Crippen LogP contribution < -0.4 is 0 Å². The van der Waals surface area contributed by atoms with Gasteiger partial charge in [0, 0.05) is 19.3 Å². The van der Waals surface area contributed by atoms with Crippen LogP contribution in [0, 0.1) is 0 Å². The van der Waals surface area contributed by atoms with E-state index in [1.807, 2.05) is 0 Å². The smallest absolute Gasteiger partial charge is 0.306 e. The van der Waals surface area contributed by atoms with Crippen molar-refractivity contribution in [3.05, 3.63) is 134 Å². The fourth-order valence-corrected chi connectivity index (χ4v) is 7.24. The Bertz CT molecular complexity index is 1530. The van der Waals surface area contributed by atoms with Crippen LogP contribution in [0.4, 0.5) is 0 Å². The summed E-state index contributed by atoms with van der Waals surface area (Å²) >= 11 is 0. The molecule has 0 aromatic carbocycles. The fourth-order valence-electron chi connectivity index (χ4n) is 7.24. The van der Waals surface area contributed by atoms with Crippen LogP contribution in [-0.4, -0.2) is 37.2 Å². The summed E-state index contributed by atoms with van der Waals surface area (Å²) in [5.41, 5.74) is 0. The molecule has 0 bridgehead atoms. The minimum Gasteiger partial charge on any atom is -0.462 e. The second kappa shape index (κ2) is 57.1. The van der Waals surface area contributed by atoms with E-state index in [9.17, 15) is 14.4 Å². The van der Waals surface area contributed by atoms with Crippen LogP contribution in [0.15, 0.2) is 134 Å². The van der Waals surface area contributed by atoms with Gasteiger partial charge in [0.15, 0.2) is 6.10 Å². The number of unbranched alkanes of at least 4 members (excludes halogenated alkanes) is 16. The van der Waals surface area contributed by atoms with E-state index in [0.717, 1.165) is 161 Å². The summed E-state index contributed by atoms with van der Waals surface area (Å²) in [6.45, 7) is 6.31. The molecule has 394 valence electrons. The number of hydrogen-bond donors (Lipinski definition) is 0. The second-order valence-corrected chi connectivity index (χ2v) is 18.1. The molecule has 0 heterocycles. The van der Waals surface area contributed by atoms with Gasteiger partial charge in [-0.05, 0) is 116 Å². The van der Waals surface area contributed by atoms with Crippen molar-refractivity contribution in [2.75, 3.05) is 13.2 Å². The highest BCUT2D eigenvalue weighted by Crippen LogP contribution is 2.13. The number of carbonyl (C=O) groups is 3. The molecule has 70 heavy (non-hydrogen) atoms. The first-order chi connectivity index (χ1) is 34.5. The molecule has 0 aromatic rings. The number of hydrogen-bond acceptors (Lipinski definition) is 6. The Balaban J connectivity index is 4.19. The van der Waals surface area contributed by atoms with E-state index >= 15 is 0 Å². The zero-order valence-corrected chi connectivity index (χ0v) is 45.0. The molecule has 0 N–H and O–H groups in total. The third-order valence-electron chi connectivity index (χ3n) is 11.4.